The van der Waals surface area contributed by atoms with Crippen LogP contribution in [0.25, 0.3) is 44.7 Å². The molecule has 0 amide bonds. The molecule has 0 atom stereocenters. The second-order valence-electron chi connectivity index (χ2n) is 6.41. The van der Waals surface area contributed by atoms with Crippen LogP contribution in [0.15, 0.2) is 54.6 Å². The largest absolute Gasteiger partial charge is 0.710 e. The van der Waals surface area contributed by atoms with E-state index in [1.165, 1.54) is 7.11 Å². The van der Waals surface area contributed by atoms with Crippen LogP contribution < -0.4 is 14.2 Å². The highest BCUT2D eigenvalue weighted by Gasteiger charge is 2.37. The van der Waals surface area contributed by atoms with E-state index in [1.54, 1.807) is 25.3 Å². The summed E-state index contributed by atoms with van der Waals surface area (Å²) in [6.45, 7) is 0. The van der Waals surface area contributed by atoms with Crippen LogP contribution in [0.5, 0.6) is 11.5 Å². The van der Waals surface area contributed by atoms with Gasteiger partial charge in [0.15, 0.2) is 17.2 Å². The summed E-state index contributed by atoms with van der Waals surface area (Å²) in [6.07, 6.45) is 0. The van der Waals surface area contributed by atoms with Gasteiger partial charge in [0, 0.05) is 16.5 Å². The maximum absolute atomic E-state index is 13.2. The van der Waals surface area contributed by atoms with Crippen molar-refractivity contribution in [3.63, 3.8) is 0 Å². The number of aromatic nitrogens is 2. The molecule has 4 aromatic rings. The van der Waals surface area contributed by atoms with E-state index in [0.29, 0.717) is 28.5 Å². The Morgan fingerprint density at radius 3 is 2.33 bits per heavy atom. The Bertz CT molecular complexity index is 1160. The van der Waals surface area contributed by atoms with E-state index < -0.39 is 0 Å². The molecule has 3 aromatic carbocycles. The fourth-order valence-electron chi connectivity index (χ4n) is 3.92. The quantitative estimate of drug-likeness (QED) is 0.301. The van der Waals surface area contributed by atoms with Crippen LogP contribution in [0, 0.1) is 5.21 Å². The molecular weight excluding hydrogens is 344 g/mol. The Labute approximate surface area is 155 Å². The van der Waals surface area contributed by atoms with Gasteiger partial charge < -0.3 is 19.9 Å². The van der Waals surface area contributed by atoms with Gasteiger partial charge in [-0.15, -0.1) is 0 Å². The Balaban J connectivity index is 1.80. The molecule has 1 aliphatic rings. The number of ether oxygens (including phenoxy) is 2. The van der Waals surface area contributed by atoms with E-state index in [4.69, 9.17) is 9.47 Å². The first kappa shape index (κ1) is 15.6. The summed E-state index contributed by atoms with van der Waals surface area (Å²) in [6, 6.07) is 16.8. The number of rotatable bonds is 3. The van der Waals surface area contributed by atoms with Crippen molar-refractivity contribution >= 4 is 10.8 Å². The number of nitrogens with zero attached hydrogens (tertiary/aromatic N) is 2. The third-order valence-corrected chi connectivity index (χ3v) is 5.09. The van der Waals surface area contributed by atoms with Gasteiger partial charge in [-0.3, -0.25) is 0 Å². The Kier molecular flexibility index (Phi) is 3.12. The average Bonchev–Trinajstić information content (AvgIpc) is 3.17. The van der Waals surface area contributed by atoms with Crippen LogP contribution in [-0.4, -0.2) is 24.2 Å². The molecule has 6 heteroatoms. The van der Waals surface area contributed by atoms with E-state index in [-0.39, 0.29) is 5.82 Å². The van der Waals surface area contributed by atoms with E-state index in [1.807, 2.05) is 36.4 Å². The van der Waals surface area contributed by atoms with Gasteiger partial charge in [-0.1, -0.05) is 24.3 Å². The van der Waals surface area contributed by atoms with Gasteiger partial charge in [0.1, 0.15) is 0 Å². The lowest BCUT2D eigenvalue weighted by molar-refractivity contribution is -0.582. The summed E-state index contributed by atoms with van der Waals surface area (Å²) in [5, 5.41) is 26.1. The van der Waals surface area contributed by atoms with E-state index in [2.05, 4.69) is 0 Å². The number of fused-ring (bicyclic) bond motifs is 3. The predicted octanol–water partition coefficient (Wildman–Crippen LogP) is 3.84. The average molecular weight is 360 g/mol. The van der Waals surface area contributed by atoms with Gasteiger partial charge in [0.2, 0.25) is 5.69 Å². The van der Waals surface area contributed by atoms with Crippen LogP contribution in [0.1, 0.15) is 0 Å². The zero-order valence-electron chi connectivity index (χ0n) is 14.8. The topological polar surface area (TPSA) is 70.6 Å². The minimum Gasteiger partial charge on any atom is -0.710 e. The normalized spacial score (nSPS) is 11.6. The van der Waals surface area contributed by atoms with Crippen molar-refractivity contribution in [2.75, 3.05) is 14.2 Å². The van der Waals surface area contributed by atoms with Gasteiger partial charge in [0.05, 0.1) is 19.8 Å². The lowest BCUT2D eigenvalue weighted by Crippen LogP contribution is -2.30. The third kappa shape index (κ3) is 1.92. The van der Waals surface area contributed by atoms with E-state index >= 15 is 0 Å². The number of benzene rings is 3. The molecule has 0 fully saturated rings. The Hall–Kier alpha value is -3.67. The van der Waals surface area contributed by atoms with Crippen LogP contribution in [0.4, 0.5) is 0 Å². The predicted molar refractivity (Wildman–Crippen MR) is 101 cm³/mol. The van der Waals surface area contributed by atoms with Crippen molar-refractivity contribution in [1.29, 1.82) is 0 Å². The molecule has 1 aliphatic carbocycles. The van der Waals surface area contributed by atoms with Crippen molar-refractivity contribution in [1.82, 2.24) is 4.73 Å². The molecule has 0 aliphatic heterocycles. The fraction of sp³-hybridized carbons (Fsp3) is 0.0952. The van der Waals surface area contributed by atoms with E-state index in [9.17, 15) is 10.4 Å². The van der Waals surface area contributed by atoms with Crippen LogP contribution in [0.3, 0.4) is 0 Å². The summed E-state index contributed by atoms with van der Waals surface area (Å²) in [5.74, 6) is 1.17. The van der Waals surface area contributed by atoms with Crippen molar-refractivity contribution in [3.8, 4) is 45.4 Å². The highest BCUT2D eigenvalue weighted by Crippen LogP contribution is 2.47. The summed E-state index contributed by atoms with van der Waals surface area (Å²) in [7, 11) is 3.08. The first-order valence-corrected chi connectivity index (χ1v) is 8.48. The van der Waals surface area contributed by atoms with Crippen molar-refractivity contribution < 1.29 is 19.4 Å². The summed E-state index contributed by atoms with van der Waals surface area (Å²) < 4.78 is 12.3. The molecule has 27 heavy (non-hydrogen) atoms. The molecule has 6 nitrogen and oxygen atoms in total. The van der Waals surface area contributed by atoms with Gasteiger partial charge in [0.25, 0.3) is 0 Å². The fourth-order valence-corrected chi connectivity index (χ4v) is 3.92. The molecule has 134 valence electrons. The highest BCUT2D eigenvalue weighted by atomic mass is 16.5. The third-order valence-electron chi connectivity index (χ3n) is 5.09. The zero-order valence-corrected chi connectivity index (χ0v) is 14.8. The SMILES string of the molecule is COc1ccc(-c2n(O)c3c([n+]2[O-])-c2cccc4cccc-3c24)cc1OC. The lowest BCUT2D eigenvalue weighted by atomic mass is 10.0. The maximum atomic E-state index is 13.2. The highest BCUT2D eigenvalue weighted by molar-refractivity contribution is 6.13. The smallest absolute Gasteiger partial charge is 0.332 e. The lowest BCUT2D eigenvalue weighted by Gasteiger charge is -2.10. The van der Waals surface area contributed by atoms with Gasteiger partial charge in [-0.25, -0.2) is 4.73 Å². The second kappa shape index (κ2) is 5.41. The van der Waals surface area contributed by atoms with Crippen molar-refractivity contribution in [2.45, 2.75) is 0 Å². The van der Waals surface area contributed by atoms with Crippen molar-refractivity contribution in [2.24, 2.45) is 0 Å². The molecule has 0 spiro atoms. The second-order valence-corrected chi connectivity index (χ2v) is 6.41. The van der Waals surface area contributed by atoms with Gasteiger partial charge in [-0.2, -0.15) is 0 Å². The van der Waals surface area contributed by atoms with Gasteiger partial charge >= 0.3 is 5.82 Å². The number of hydrogen-bond donors (Lipinski definition) is 1. The first-order chi connectivity index (χ1) is 13.2. The van der Waals surface area contributed by atoms with E-state index in [0.717, 1.165) is 31.4 Å². The molecule has 1 N–H and O–H groups in total. The van der Waals surface area contributed by atoms with Crippen LogP contribution in [0.2, 0.25) is 0 Å². The molecule has 0 saturated carbocycles. The summed E-state index contributed by atoms with van der Waals surface area (Å²) >= 11 is 0. The number of imidazole rings is 1. The molecule has 0 unspecified atom stereocenters. The van der Waals surface area contributed by atoms with Crippen molar-refractivity contribution in [3.05, 3.63) is 59.8 Å². The Morgan fingerprint density at radius 2 is 1.63 bits per heavy atom. The minimum atomic E-state index is 0.132. The van der Waals surface area contributed by atoms with Crippen LogP contribution in [-0.2, 0) is 0 Å². The minimum absolute atomic E-state index is 0.132. The zero-order chi connectivity index (χ0) is 18.7. The standard InChI is InChI=1S/C21H16N2O4/c1-26-16-10-9-13(11-17(16)27-2)21-22(24)19-14-7-3-5-12-6-4-8-15(18(12)14)20(19)23(21)25/h3-11,24H,1-2H3. The maximum Gasteiger partial charge on any atom is 0.332 e. The van der Waals surface area contributed by atoms with Gasteiger partial charge in [-0.05, 0) is 40.4 Å². The first-order valence-electron chi connectivity index (χ1n) is 8.48. The number of hydrogen-bond acceptors (Lipinski definition) is 4. The molecule has 1 aromatic heterocycles. The summed E-state index contributed by atoms with van der Waals surface area (Å²) in [4.78, 5) is 0. The monoisotopic (exact) mass is 360 g/mol. The summed E-state index contributed by atoms with van der Waals surface area (Å²) in [5.41, 5.74) is 3.15. The molecule has 0 radical (unpaired) electrons. The Morgan fingerprint density at radius 1 is 0.926 bits per heavy atom. The molecule has 5 rings (SSSR count). The molecule has 0 saturated heterocycles. The molecular formula is C21H16N2O4. The van der Waals surface area contributed by atoms with Crippen LogP contribution >= 0.6 is 0 Å². The molecule has 0 bridgehead atoms. The molecule has 1 heterocycles. The number of methoxy groups -OCH3 is 2.